The number of aliphatic carboxylic acids is 1. The number of benzene rings is 1. The summed E-state index contributed by atoms with van der Waals surface area (Å²) in [5.41, 5.74) is 1.16. The number of unbranched alkanes of at least 4 members (excludes halogenated alkanes) is 1. The lowest BCUT2D eigenvalue weighted by Gasteiger charge is -2.16. The predicted molar refractivity (Wildman–Crippen MR) is 108 cm³/mol. The first-order valence-corrected chi connectivity index (χ1v) is 9.95. The molecule has 1 aliphatic carbocycles. The van der Waals surface area contributed by atoms with Crippen molar-refractivity contribution < 1.29 is 24.9 Å². The number of carbonyl (C=O) groups is 2. The van der Waals surface area contributed by atoms with E-state index >= 15 is 0 Å². The molecule has 2 rings (SSSR count). The van der Waals surface area contributed by atoms with Gasteiger partial charge < -0.3 is 15.3 Å². The summed E-state index contributed by atoms with van der Waals surface area (Å²) in [7, 11) is 0. The van der Waals surface area contributed by atoms with Gasteiger partial charge in [0.25, 0.3) is 0 Å². The molecule has 1 aromatic carbocycles. The highest BCUT2D eigenvalue weighted by atomic mass is 16.4. The Labute approximate surface area is 166 Å². The topological polar surface area (TPSA) is 94.8 Å². The Hall–Kier alpha value is -2.24. The molecule has 0 radical (unpaired) electrons. The van der Waals surface area contributed by atoms with Gasteiger partial charge in [-0.25, -0.2) is 0 Å². The second-order valence-electron chi connectivity index (χ2n) is 7.39. The van der Waals surface area contributed by atoms with Crippen LogP contribution in [0.5, 0.6) is 0 Å². The Bertz CT molecular complexity index is 679. The maximum absolute atomic E-state index is 12.2. The highest BCUT2D eigenvalue weighted by Crippen LogP contribution is 2.33. The summed E-state index contributed by atoms with van der Waals surface area (Å²) in [5, 5.41) is 29.0. The lowest BCUT2D eigenvalue weighted by molar-refractivity contribution is -0.137. The van der Waals surface area contributed by atoms with Crippen LogP contribution in [0.15, 0.2) is 54.6 Å². The van der Waals surface area contributed by atoms with E-state index in [0.29, 0.717) is 25.7 Å². The van der Waals surface area contributed by atoms with Gasteiger partial charge in [-0.3, -0.25) is 9.59 Å². The van der Waals surface area contributed by atoms with Crippen molar-refractivity contribution in [2.45, 2.75) is 57.2 Å². The summed E-state index contributed by atoms with van der Waals surface area (Å²) in [6.07, 6.45) is 9.34. The number of ketones is 1. The van der Waals surface area contributed by atoms with Crippen LogP contribution in [-0.4, -0.2) is 39.3 Å². The number of hydrogen-bond donors (Lipinski definition) is 3. The van der Waals surface area contributed by atoms with Crippen molar-refractivity contribution in [1.29, 1.82) is 0 Å². The van der Waals surface area contributed by atoms with Crippen LogP contribution in [0.25, 0.3) is 0 Å². The summed E-state index contributed by atoms with van der Waals surface area (Å²) < 4.78 is 0. The number of carbonyl (C=O) groups excluding carboxylic acids is 1. The molecular weight excluding hydrogens is 356 g/mol. The normalized spacial score (nSPS) is 23.6. The number of aryl methyl sites for hydroxylation is 1. The number of carboxylic acids is 1. The minimum absolute atomic E-state index is 0.0381. The zero-order valence-corrected chi connectivity index (χ0v) is 16.1. The molecule has 1 fully saturated rings. The van der Waals surface area contributed by atoms with Crippen LogP contribution in [0.3, 0.4) is 0 Å². The van der Waals surface area contributed by atoms with Gasteiger partial charge in [-0.15, -0.1) is 0 Å². The number of hydrogen-bond acceptors (Lipinski definition) is 4. The standard InChI is InChI=1S/C23H30O5/c24-18(13-12-17-8-4-3-5-9-17)14-15-20-19(21(25)16-22(20)26)10-6-1-2-7-11-23(27)28/h1,3-6,8-9,14-15,18-20,22,24,26H,2,7,10-13,16H2,(H,27,28)/b6-1-,15-14+/t18?,19-,20-,22+/m1/s1. The van der Waals surface area contributed by atoms with E-state index < -0.39 is 18.2 Å². The van der Waals surface area contributed by atoms with Gasteiger partial charge in [0.2, 0.25) is 0 Å². The monoisotopic (exact) mass is 386 g/mol. The van der Waals surface area contributed by atoms with Crippen LogP contribution in [0.4, 0.5) is 0 Å². The smallest absolute Gasteiger partial charge is 0.303 e. The van der Waals surface area contributed by atoms with Crippen molar-refractivity contribution in [2.75, 3.05) is 0 Å². The Balaban J connectivity index is 1.82. The van der Waals surface area contributed by atoms with Crippen LogP contribution >= 0.6 is 0 Å². The number of aliphatic hydroxyl groups is 2. The third-order valence-corrected chi connectivity index (χ3v) is 5.18. The third-order valence-electron chi connectivity index (χ3n) is 5.18. The van der Waals surface area contributed by atoms with E-state index in [1.54, 1.807) is 12.2 Å². The fourth-order valence-electron chi connectivity index (χ4n) is 3.57. The molecule has 5 nitrogen and oxygen atoms in total. The van der Waals surface area contributed by atoms with Gasteiger partial charge in [-0.05, 0) is 37.7 Å². The number of rotatable bonds is 11. The van der Waals surface area contributed by atoms with Crippen LogP contribution in [0, 0.1) is 11.8 Å². The molecule has 0 bridgehead atoms. The van der Waals surface area contributed by atoms with E-state index in [4.69, 9.17) is 5.11 Å². The third kappa shape index (κ3) is 7.41. The molecule has 0 aromatic heterocycles. The summed E-state index contributed by atoms with van der Waals surface area (Å²) in [6.45, 7) is 0. The Morgan fingerprint density at radius 3 is 2.68 bits per heavy atom. The first-order valence-electron chi connectivity index (χ1n) is 9.95. The predicted octanol–water partition coefficient (Wildman–Crippen LogP) is 3.30. The van der Waals surface area contributed by atoms with E-state index in [0.717, 1.165) is 12.0 Å². The molecular formula is C23H30O5. The van der Waals surface area contributed by atoms with Crippen LogP contribution < -0.4 is 0 Å². The summed E-state index contributed by atoms with van der Waals surface area (Å²) in [5.74, 6) is -1.35. The molecule has 5 heteroatoms. The molecule has 3 N–H and O–H groups in total. The molecule has 1 aliphatic rings. The quantitative estimate of drug-likeness (QED) is 0.401. The van der Waals surface area contributed by atoms with Crippen molar-refractivity contribution in [2.24, 2.45) is 11.8 Å². The van der Waals surface area contributed by atoms with E-state index in [1.165, 1.54) is 0 Å². The van der Waals surface area contributed by atoms with Gasteiger partial charge in [0, 0.05) is 24.7 Å². The van der Waals surface area contributed by atoms with Crippen molar-refractivity contribution in [1.82, 2.24) is 0 Å². The van der Waals surface area contributed by atoms with E-state index in [1.807, 2.05) is 42.5 Å². The average molecular weight is 386 g/mol. The van der Waals surface area contributed by atoms with Gasteiger partial charge in [-0.2, -0.15) is 0 Å². The number of Topliss-reactive ketones (excluding diaryl/α,β-unsaturated/α-hetero) is 1. The molecule has 0 amide bonds. The summed E-state index contributed by atoms with van der Waals surface area (Å²) in [4.78, 5) is 22.7. The first-order chi connectivity index (χ1) is 13.5. The van der Waals surface area contributed by atoms with Gasteiger partial charge in [-0.1, -0.05) is 54.6 Å². The molecule has 1 saturated carbocycles. The molecule has 28 heavy (non-hydrogen) atoms. The van der Waals surface area contributed by atoms with Crippen LogP contribution in [0.2, 0.25) is 0 Å². The lowest BCUT2D eigenvalue weighted by atomic mass is 9.90. The highest BCUT2D eigenvalue weighted by molar-refractivity contribution is 5.84. The van der Waals surface area contributed by atoms with E-state index in [9.17, 15) is 19.8 Å². The van der Waals surface area contributed by atoms with Gasteiger partial charge in [0.1, 0.15) is 5.78 Å². The molecule has 0 saturated heterocycles. The molecule has 1 unspecified atom stereocenters. The zero-order chi connectivity index (χ0) is 20.4. The second kappa shape index (κ2) is 11.6. The maximum Gasteiger partial charge on any atom is 0.303 e. The average Bonchev–Trinajstić information content (AvgIpc) is 2.94. The molecule has 1 aromatic rings. The van der Waals surface area contributed by atoms with Crippen molar-refractivity contribution in [3.8, 4) is 0 Å². The molecule has 152 valence electrons. The minimum Gasteiger partial charge on any atom is -0.481 e. The van der Waals surface area contributed by atoms with Crippen LogP contribution in [-0.2, 0) is 16.0 Å². The number of allylic oxidation sites excluding steroid dienone is 2. The SMILES string of the molecule is O=C(O)CCC/C=C\C[C@H]1C(=O)C[C@H](O)[C@@H]1/C=C/C(O)CCc1ccccc1. The molecule has 0 aliphatic heterocycles. The Kier molecular flexibility index (Phi) is 9.11. The minimum atomic E-state index is -0.807. The van der Waals surface area contributed by atoms with E-state index in [2.05, 4.69) is 0 Å². The lowest BCUT2D eigenvalue weighted by Crippen LogP contribution is -2.19. The molecule has 0 spiro atoms. The number of carboxylic acid groups (broad SMARTS) is 1. The number of aliphatic hydroxyl groups excluding tert-OH is 2. The van der Waals surface area contributed by atoms with Crippen molar-refractivity contribution in [3.63, 3.8) is 0 Å². The fourth-order valence-corrected chi connectivity index (χ4v) is 3.57. The van der Waals surface area contributed by atoms with Crippen molar-refractivity contribution in [3.05, 3.63) is 60.2 Å². The molecule has 0 heterocycles. The fraction of sp³-hybridized carbons (Fsp3) is 0.478. The Morgan fingerprint density at radius 1 is 1.21 bits per heavy atom. The van der Waals surface area contributed by atoms with Gasteiger partial charge >= 0.3 is 5.97 Å². The zero-order valence-electron chi connectivity index (χ0n) is 16.1. The van der Waals surface area contributed by atoms with E-state index in [-0.39, 0.29) is 30.5 Å². The van der Waals surface area contributed by atoms with Crippen molar-refractivity contribution >= 4 is 11.8 Å². The van der Waals surface area contributed by atoms with Gasteiger partial charge in [0.05, 0.1) is 12.2 Å². The maximum atomic E-state index is 12.2. The largest absolute Gasteiger partial charge is 0.481 e. The highest BCUT2D eigenvalue weighted by Gasteiger charge is 2.39. The Morgan fingerprint density at radius 2 is 1.96 bits per heavy atom. The summed E-state index contributed by atoms with van der Waals surface area (Å²) in [6, 6.07) is 9.94. The van der Waals surface area contributed by atoms with Gasteiger partial charge in [0.15, 0.2) is 0 Å². The second-order valence-corrected chi connectivity index (χ2v) is 7.39. The first kappa shape index (κ1) is 22.1. The summed E-state index contributed by atoms with van der Waals surface area (Å²) >= 11 is 0. The molecule has 4 atom stereocenters. The van der Waals surface area contributed by atoms with Crippen LogP contribution in [0.1, 0.15) is 44.1 Å².